The summed E-state index contributed by atoms with van der Waals surface area (Å²) in [4.78, 5) is 11.8. The van der Waals surface area contributed by atoms with Gasteiger partial charge in [-0.3, -0.25) is 4.79 Å². The van der Waals surface area contributed by atoms with Gasteiger partial charge in [0.15, 0.2) is 0 Å². The van der Waals surface area contributed by atoms with Crippen molar-refractivity contribution in [3.8, 4) is 0 Å². The number of nitrogens with zero attached hydrogens (tertiary/aromatic N) is 1. The number of hydrogen-bond acceptors (Lipinski definition) is 5. The summed E-state index contributed by atoms with van der Waals surface area (Å²) in [6.45, 7) is 5.09. The lowest BCUT2D eigenvalue weighted by atomic mass is 10.1. The van der Waals surface area contributed by atoms with Gasteiger partial charge < -0.3 is 19.5 Å². The molecule has 0 saturated carbocycles. The Bertz CT molecular complexity index is 506. The maximum absolute atomic E-state index is 11.8. The largest absolute Gasteiger partial charge is 0.748 e. The molecule has 154 valence electrons. The third-order valence-electron chi connectivity index (χ3n) is 4.18. The van der Waals surface area contributed by atoms with Crippen molar-refractivity contribution in [1.29, 1.82) is 0 Å². The van der Waals surface area contributed by atoms with Crippen LogP contribution in [-0.2, 0) is 14.9 Å². The molecule has 0 aliphatic rings. The fourth-order valence-electron chi connectivity index (χ4n) is 2.88. The predicted octanol–water partition coefficient (Wildman–Crippen LogP) is 1.39. The van der Waals surface area contributed by atoms with Gasteiger partial charge in [0.25, 0.3) is 0 Å². The van der Waals surface area contributed by atoms with Gasteiger partial charge in [0, 0.05) is 19.4 Å². The van der Waals surface area contributed by atoms with Crippen LogP contribution in [0.2, 0.25) is 0 Å². The number of nitrogens with one attached hydrogen (secondary N) is 1. The van der Waals surface area contributed by atoms with Crippen molar-refractivity contribution in [3.05, 3.63) is 12.7 Å². The lowest BCUT2D eigenvalue weighted by Gasteiger charge is -2.32. The molecule has 0 saturated heterocycles. The molecule has 0 aliphatic heterocycles. The topological polar surface area (TPSA) is 107 Å². The summed E-state index contributed by atoms with van der Waals surface area (Å²) < 4.78 is 32.4. The highest BCUT2D eigenvalue weighted by Crippen LogP contribution is 2.07. The molecule has 0 heterocycles. The van der Waals surface area contributed by atoms with Crippen molar-refractivity contribution in [2.24, 2.45) is 0 Å². The number of allylic oxidation sites excluding steroid dienone is 1. The van der Waals surface area contributed by atoms with Crippen molar-refractivity contribution in [2.75, 3.05) is 39.5 Å². The summed E-state index contributed by atoms with van der Waals surface area (Å²) in [5.41, 5.74) is 0. The molecular weight excluding hydrogens is 356 g/mol. The minimum atomic E-state index is -4.42. The van der Waals surface area contributed by atoms with Gasteiger partial charge in [-0.15, -0.1) is 6.58 Å². The minimum Gasteiger partial charge on any atom is -0.748 e. The number of quaternary nitrogens is 1. The number of aliphatic hydroxyl groups is 1. The molecule has 0 spiro atoms. The van der Waals surface area contributed by atoms with Crippen LogP contribution >= 0.6 is 0 Å². The molecule has 0 aromatic carbocycles. The van der Waals surface area contributed by atoms with Crippen LogP contribution < -0.4 is 5.32 Å². The first-order chi connectivity index (χ1) is 12.1. The molecule has 0 bridgehead atoms. The highest BCUT2D eigenvalue weighted by molar-refractivity contribution is 7.85. The third-order valence-corrected chi connectivity index (χ3v) is 4.97. The molecule has 1 amide bonds. The number of unbranched alkanes of at least 4 members (excludes halogenated alkanes) is 5. The number of likely N-dealkylation sites (N-methyl/N-ethyl adjacent to an activating group) is 1. The van der Waals surface area contributed by atoms with Gasteiger partial charge in [-0.05, 0) is 19.3 Å². The zero-order valence-corrected chi connectivity index (χ0v) is 17.1. The second-order valence-corrected chi connectivity index (χ2v) is 8.97. The molecular formula is C18H36N2O5S. The monoisotopic (exact) mass is 392 g/mol. The van der Waals surface area contributed by atoms with E-state index in [1.165, 1.54) is 12.8 Å². The Morgan fingerprint density at radius 2 is 1.81 bits per heavy atom. The number of rotatable bonds is 16. The van der Waals surface area contributed by atoms with Crippen LogP contribution in [0.3, 0.4) is 0 Å². The zero-order chi connectivity index (χ0) is 20.1. The first-order valence-electron chi connectivity index (χ1n) is 9.37. The van der Waals surface area contributed by atoms with E-state index < -0.39 is 22.0 Å². The van der Waals surface area contributed by atoms with Crippen LogP contribution in [0.15, 0.2) is 12.7 Å². The summed E-state index contributed by atoms with van der Waals surface area (Å²) in [5.74, 6) is -0.710. The fraction of sp³-hybridized carbons (Fsp3) is 0.833. The van der Waals surface area contributed by atoms with Crippen LogP contribution in [0.4, 0.5) is 0 Å². The van der Waals surface area contributed by atoms with Gasteiger partial charge in [0.05, 0.1) is 36.5 Å². The second-order valence-electron chi connectivity index (χ2n) is 7.52. The molecule has 0 fully saturated rings. The highest BCUT2D eigenvalue weighted by atomic mass is 32.2. The smallest absolute Gasteiger partial charge is 0.219 e. The van der Waals surface area contributed by atoms with E-state index in [2.05, 4.69) is 11.9 Å². The molecule has 1 atom stereocenters. The molecule has 2 N–H and O–H groups in total. The molecule has 0 aromatic rings. The number of aliphatic hydroxyl groups excluding tert-OH is 1. The van der Waals surface area contributed by atoms with Crippen molar-refractivity contribution in [2.45, 2.75) is 57.5 Å². The maximum Gasteiger partial charge on any atom is 0.219 e. The van der Waals surface area contributed by atoms with E-state index in [4.69, 9.17) is 0 Å². The standard InChI is InChI=1S/C18H36N2O5S/c1-4-5-6-7-8-9-10-12-18(22)19-13-11-14-20(2,3)15-17(21)16-26(23,24)25/h4,17,21H,1,5-16H2,2-3H3,(H-,19,22,23,24,25). The Balaban J connectivity index is 3.76. The first-order valence-corrected chi connectivity index (χ1v) is 10.9. The number of amides is 1. The Morgan fingerprint density at radius 1 is 1.19 bits per heavy atom. The van der Waals surface area contributed by atoms with Gasteiger partial charge in [-0.1, -0.05) is 25.3 Å². The summed E-state index contributed by atoms with van der Waals surface area (Å²) in [6.07, 6.45) is 8.53. The minimum absolute atomic E-state index is 0.0545. The van der Waals surface area contributed by atoms with Gasteiger partial charge in [-0.25, -0.2) is 8.42 Å². The van der Waals surface area contributed by atoms with E-state index in [9.17, 15) is 22.9 Å². The second kappa shape index (κ2) is 13.2. The molecule has 26 heavy (non-hydrogen) atoms. The average molecular weight is 393 g/mol. The Morgan fingerprint density at radius 3 is 2.42 bits per heavy atom. The van der Waals surface area contributed by atoms with Gasteiger partial charge in [-0.2, -0.15) is 0 Å². The summed E-state index contributed by atoms with van der Waals surface area (Å²) in [6, 6.07) is 0. The Kier molecular flexibility index (Phi) is 12.8. The summed E-state index contributed by atoms with van der Waals surface area (Å²) in [7, 11) is -0.710. The van der Waals surface area contributed by atoms with E-state index in [0.717, 1.165) is 32.1 Å². The number of hydrogen-bond donors (Lipinski definition) is 2. The van der Waals surface area contributed by atoms with Crippen molar-refractivity contribution >= 4 is 16.0 Å². The van der Waals surface area contributed by atoms with Crippen LogP contribution in [0.25, 0.3) is 0 Å². The molecule has 0 aromatic heterocycles. The SMILES string of the molecule is C=CCCCCCCCC(=O)NCCC[N+](C)(C)CC(O)CS(=O)(=O)[O-]. The van der Waals surface area contributed by atoms with Crippen molar-refractivity contribution in [3.63, 3.8) is 0 Å². The van der Waals surface area contributed by atoms with E-state index in [0.29, 0.717) is 24.0 Å². The lowest BCUT2D eigenvalue weighted by Crippen LogP contribution is -2.48. The molecule has 0 radical (unpaired) electrons. The van der Waals surface area contributed by atoms with Gasteiger partial charge in [0.1, 0.15) is 12.6 Å². The third kappa shape index (κ3) is 16.5. The van der Waals surface area contributed by atoms with E-state index >= 15 is 0 Å². The Labute approximate surface area is 158 Å². The van der Waals surface area contributed by atoms with Crippen molar-refractivity contribution < 1.29 is 27.4 Å². The molecule has 8 heteroatoms. The van der Waals surface area contributed by atoms with Gasteiger partial charge in [0.2, 0.25) is 5.91 Å². The number of carbonyl (C=O) groups excluding carboxylic acids is 1. The quantitative estimate of drug-likeness (QED) is 0.179. The summed E-state index contributed by atoms with van der Waals surface area (Å²) in [5, 5.41) is 12.6. The maximum atomic E-state index is 11.8. The highest BCUT2D eigenvalue weighted by Gasteiger charge is 2.21. The Hall–Kier alpha value is -0.960. The van der Waals surface area contributed by atoms with E-state index in [1.54, 1.807) is 0 Å². The lowest BCUT2D eigenvalue weighted by molar-refractivity contribution is -0.893. The fourth-order valence-corrected chi connectivity index (χ4v) is 3.45. The zero-order valence-electron chi connectivity index (χ0n) is 16.3. The van der Waals surface area contributed by atoms with E-state index in [-0.39, 0.29) is 12.5 Å². The average Bonchev–Trinajstić information content (AvgIpc) is 2.48. The van der Waals surface area contributed by atoms with Gasteiger partial charge >= 0.3 is 0 Å². The predicted molar refractivity (Wildman–Crippen MR) is 103 cm³/mol. The first kappa shape index (κ1) is 25.0. The van der Waals surface area contributed by atoms with Crippen LogP contribution in [0.1, 0.15) is 51.4 Å². The summed E-state index contributed by atoms with van der Waals surface area (Å²) >= 11 is 0. The molecule has 7 nitrogen and oxygen atoms in total. The van der Waals surface area contributed by atoms with Crippen molar-refractivity contribution in [1.82, 2.24) is 5.32 Å². The van der Waals surface area contributed by atoms with Crippen LogP contribution in [0.5, 0.6) is 0 Å². The van der Waals surface area contributed by atoms with E-state index in [1.807, 2.05) is 20.2 Å². The molecule has 0 aliphatic carbocycles. The molecule has 1 unspecified atom stereocenters. The normalized spacial score (nSPS) is 13.4. The van der Waals surface area contributed by atoms with Crippen LogP contribution in [-0.4, -0.2) is 74.1 Å². The molecule has 0 rings (SSSR count). The number of carbonyl (C=O) groups is 1. The van der Waals surface area contributed by atoms with Crippen LogP contribution in [0, 0.1) is 0 Å².